The van der Waals surface area contributed by atoms with Crippen LogP contribution in [0.4, 0.5) is 4.79 Å². The number of carbonyl (C=O) groups is 2. The van der Waals surface area contributed by atoms with Crippen molar-refractivity contribution in [3.63, 3.8) is 0 Å². The Hall–Kier alpha value is -1.75. The highest BCUT2D eigenvalue weighted by molar-refractivity contribution is 6.30. The lowest BCUT2D eigenvalue weighted by atomic mass is 10.2. The number of urea groups is 1. The molecule has 0 saturated carbocycles. The number of nitrogens with two attached hydrogens (primary N) is 1. The molecule has 0 bridgehead atoms. The van der Waals surface area contributed by atoms with Crippen LogP contribution in [0, 0.1) is 0 Å². The molecule has 0 fully saturated rings. The average molecular weight is 298 g/mol. The van der Waals surface area contributed by atoms with Gasteiger partial charge < -0.3 is 16.0 Å². The van der Waals surface area contributed by atoms with Gasteiger partial charge in [-0.25, -0.2) is 4.79 Å². The van der Waals surface area contributed by atoms with Crippen LogP contribution in [0.25, 0.3) is 0 Å². The van der Waals surface area contributed by atoms with Crippen LogP contribution in [0.5, 0.6) is 0 Å². The first-order valence-electron chi connectivity index (χ1n) is 6.50. The van der Waals surface area contributed by atoms with E-state index in [1.807, 2.05) is 24.3 Å². The van der Waals surface area contributed by atoms with Gasteiger partial charge >= 0.3 is 6.03 Å². The maximum Gasteiger partial charge on any atom is 0.312 e. The van der Waals surface area contributed by atoms with E-state index in [4.69, 9.17) is 17.3 Å². The summed E-state index contributed by atoms with van der Waals surface area (Å²) in [6.45, 7) is 1.07. The summed E-state index contributed by atoms with van der Waals surface area (Å²) < 4.78 is 0. The molecule has 6 heteroatoms. The number of halogens is 1. The third-order valence-electron chi connectivity index (χ3n) is 2.88. The third kappa shape index (κ3) is 6.43. The van der Waals surface area contributed by atoms with E-state index in [1.54, 1.807) is 11.9 Å². The molecular weight excluding hydrogens is 278 g/mol. The number of hydrogen-bond acceptors (Lipinski definition) is 2. The van der Waals surface area contributed by atoms with Crippen LogP contribution in [-0.4, -0.2) is 30.4 Å². The first kappa shape index (κ1) is 16.3. The molecular formula is C14H20ClN3O2. The molecule has 0 saturated heterocycles. The highest BCUT2D eigenvalue weighted by Gasteiger charge is 2.08. The molecule has 0 radical (unpaired) electrons. The summed E-state index contributed by atoms with van der Waals surface area (Å²) in [6, 6.07) is 6.90. The van der Waals surface area contributed by atoms with E-state index in [9.17, 15) is 9.59 Å². The van der Waals surface area contributed by atoms with E-state index in [0.717, 1.165) is 18.4 Å². The summed E-state index contributed by atoms with van der Waals surface area (Å²) in [4.78, 5) is 24.0. The van der Waals surface area contributed by atoms with Crippen LogP contribution in [0.2, 0.25) is 5.02 Å². The predicted octanol–water partition coefficient (Wildman–Crippen LogP) is 2.14. The van der Waals surface area contributed by atoms with Crippen LogP contribution in [0.3, 0.4) is 0 Å². The Balaban J connectivity index is 2.25. The van der Waals surface area contributed by atoms with Crippen molar-refractivity contribution in [1.29, 1.82) is 0 Å². The second-order valence-corrected chi connectivity index (χ2v) is 5.06. The maximum atomic E-state index is 11.9. The minimum absolute atomic E-state index is 0.0824. The lowest BCUT2D eigenvalue weighted by molar-refractivity contribution is -0.130. The van der Waals surface area contributed by atoms with Crippen molar-refractivity contribution in [2.24, 2.45) is 5.73 Å². The van der Waals surface area contributed by atoms with E-state index in [0.29, 0.717) is 24.5 Å². The second-order valence-electron chi connectivity index (χ2n) is 4.62. The Kier molecular flexibility index (Phi) is 6.87. The molecule has 1 aromatic carbocycles. The standard InChI is InChI=1S/C14H20ClN3O2/c1-18(10-11-5-7-12(15)8-6-11)13(19)4-2-3-9-17-14(16)20/h5-8H,2-4,9-10H2,1H3,(H3,16,17,20). The lowest BCUT2D eigenvalue weighted by Crippen LogP contribution is -2.30. The molecule has 0 aliphatic rings. The molecule has 0 aromatic heterocycles. The van der Waals surface area contributed by atoms with Crippen LogP contribution in [0.1, 0.15) is 24.8 Å². The number of carbonyl (C=O) groups excluding carboxylic acids is 2. The molecule has 0 aliphatic heterocycles. The largest absolute Gasteiger partial charge is 0.352 e. The molecule has 1 rings (SSSR count). The molecule has 20 heavy (non-hydrogen) atoms. The van der Waals surface area contributed by atoms with Gasteiger partial charge in [0.15, 0.2) is 0 Å². The van der Waals surface area contributed by atoms with Crippen molar-refractivity contribution < 1.29 is 9.59 Å². The molecule has 5 nitrogen and oxygen atoms in total. The van der Waals surface area contributed by atoms with E-state index in [1.165, 1.54) is 0 Å². The first-order valence-corrected chi connectivity index (χ1v) is 6.88. The van der Waals surface area contributed by atoms with E-state index in [2.05, 4.69) is 5.32 Å². The van der Waals surface area contributed by atoms with Gasteiger partial charge in [0.25, 0.3) is 0 Å². The number of unbranched alkanes of at least 4 members (excludes halogenated alkanes) is 1. The number of amides is 3. The zero-order valence-corrected chi connectivity index (χ0v) is 12.3. The zero-order chi connectivity index (χ0) is 15.0. The van der Waals surface area contributed by atoms with Crippen molar-refractivity contribution in [2.45, 2.75) is 25.8 Å². The number of hydrogen-bond donors (Lipinski definition) is 2. The number of benzene rings is 1. The Labute approximate surface area is 124 Å². The number of nitrogens with one attached hydrogen (secondary N) is 1. The molecule has 3 N–H and O–H groups in total. The molecule has 0 aliphatic carbocycles. The van der Waals surface area contributed by atoms with Gasteiger partial charge in [-0.2, -0.15) is 0 Å². The maximum absolute atomic E-state index is 11.9. The van der Waals surface area contributed by atoms with Crippen molar-refractivity contribution in [1.82, 2.24) is 10.2 Å². The quantitative estimate of drug-likeness (QED) is 0.757. The Morgan fingerprint density at radius 1 is 1.25 bits per heavy atom. The minimum Gasteiger partial charge on any atom is -0.352 e. The van der Waals surface area contributed by atoms with Crippen LogP contribution < -0.4 is 11.1 Å². The average Bonchev–Trinajstić information content (AvgIpc) is 2.40. The van der Waals surface area contributed by atoms with Gasteiger partial charge in [0.1, 0.15) is 0 Å². The van der Waals surface area contributed by atoms with Gasteiger partial charge in [0.05, 0.1) is 0 Å². The van der Waals surface area contributed by atoms with Crippen molar-refractivity contribution in [2.75, 3.05) is 13.6 Å². The molecule has 0 unspecified atom stereocenters. The number of nitrogens with zero attached hydrogens (tertiary/aromatic N) is 1. The van der Waals surface area contributed by atoms with Crippen LogP contribution in [-0.2, 0) is 11.3 Å². The van der Waals surface area contributed by atoms with Crippen LogP contribution in [0.15, 0.2) is 24.3 Å². The van der Waals surface area contributed by atoms with Gasteiger partial charge in [0.2, 0.25) is 5.91 Å². The lowest BCUT2D eigenvalue weighted by Gasteiger charge is -2.17. The fourth-order valence-electron chi connectivity index (χ4n) is 1.76. The normalized spacial score (nSPS) is 10.1. The summed E-state index contributed by atoms with van der Waals surface area (Å²) in [7, 11) is 1.78. The minimum atomic E-state index is -0.531. The van der Waals surface area contributed by atoms with E-state index in [-0.39, 0.29) is 5.91 Å². The molecule has 0 spiro atoms. The van der Waals surface area contributed by atoms with Crippen LogP contribution >= 0.6 is 11.6 Å². The summed E-state index contributed by atoms with van der Waals surface area (Å²) in [6.07, 6.45) is 1.93. The summed E-state index contributed by atoms with van der Waals surface area (Å²) in [5.74, 6) is 0.0824. The monoisotopic (exact) mass is 297 g/mol. The Morgan fingerprint density at radius 2 is 1.90 bits per heavy atom. The third-order valence-corrected chi connectivity index (χ3v) is 3.13. The predicted molar refractivity (Wildman–Crippen MR) is 79.4 cm³/mol. The molecule has 1 aromatic rings. The van der Waals surface area contributed by atoms with Gasteiger partial charge in [-0.1, -0.05) is 23.7 Å². The highest BCUT2D eigenvalue weighted by atomic mass is 35.5. The number of rotatable bonds is 7. The fraction of sp³-hybridized carbons (Fsp3) is 0.429. The number of primary amides is 1. The molecule has 0 atom stereocenters. The summed E-state index contributed by atoms with van der Waals surface area (Å²) >= 11 is 5.81. The zero-order valence-electron chi connectivity index (χ0n) is 11.6. The highest BCUT2D eigenvalue weighted by Crippen LogP contribution is 2.11. The Morgan fingerprint density at radius 3 is 2.50 bits per heavy atom. The fourth-order valence-corrected chi connectivity index (χ4v) is 1.88. The van der Waals surface area contributed by atoms with Gasteiger partial charge in [0, 0.05) is 31.6 Å². The second kappa shape index (κ2) is 8.43. The summed E-state index contributed by atoms with van der Waals surface area (Å²) in [5, 5.41) is 3.18. The molecule has 110 valence electrons. The van der Waals surface area contributed by atoms with Gasteiger partial charge in [-0.3, -0.25) is 4.79 Å². The molecule has 0 heterocycles. The smallest absolute Gasteiger partial charge is 0.312 e. The van der Waals surface area contributed by atoms with E-state index < -0.39 is 6.03 Å². The van der Waals surface area contributed by atoms with Gasteiger partial charge in [-0.15, -0.1) is 0 Å². The van der Waals surface area contributed by atoms with E-state index >= 15 is 0 Å². The van der Waals surface area contributed by atoms with Gasteiger partial charge in [-0.05, 0) is 30.5 Å². The van der Waals surface area contributed by atoms with Crippen molar-refractivity contribution in [3.8, 4) is 0 Å². The van der Waals surface area contributed by atoms with Crippen molar-refractivity contribution in [3.05, 3.63) is 34.9 Å². The molecule has 3 amide bonds. The Bertz CT molecular complexity index is 448. The van der Waals surface area contributed by atoms with Crippen molar-refractivity contribution >= 4 is 23.5 Å². The SMILES string of the molecule is CN(Cc1ccc(Cl)cc1)C(=O)CCCCNC(N)=O. The topological polar surface area (TPSA) is 75.4 Å². The summed E-state index contributed by atoms with van der Waals surface area (Å²) in [5.41, 5.74) is 5.99. The first-order chi connectivity index (χ1) is 9.49.